The Kier molecular flexibility index (Phi) is 10.3. The first-order valence-electron chi connectivity index (χ1n) is 9.77. The lowest BCUT2D eigenvalue weighted by atomic mass is 10.1. The number of H-pyrrole nitrogens is 1. The van der Waals surface area contributed by atoms with Crippen molar-refractivity contribution in [3.05, 3.63) is 35.5 Å². The Labute approximate surface area is 187 Å². The van der Waals surface area contributed by atoms with Gasteiger partial charge in [0.15, 0.2) is 17.5 Å². The average Bonchev–Trinajstić information content (AvgIpc) is 3.17. The molecule has 0 radical (unpaired) electrons. The van der Waals surface area contributed by atoms with Gasteiger partial charge in [-0.25, -0.2) is 19.3 Å². The molecule has 1 atom stereocenters. The van der Waals surface area contributed by atoms with Gasteiger partial charge in [-0.1, -0.05) is 39.3 Å². The smallest absolute Gasteiger partial charge is 0.381 e. The summed E-state index contributed by atoms with van der Waals surface area (Å²) >= 11 is 5.89. The lowest BCUT2D eigenvalue weighted by Crippen LogP contribution is -2.36. The van der Waals surface area contributed by atoms with Gasteiger partial charge in [0.2, 0.25) is 5.91 Å². The summed E-state index contributed by atoms with van der Waals surface area (Å²) in [5, 5.41) is 3.07. The van der Waals surface area contributed by atoms with Crippen LogP contribution in [0, 0.1) is 11.7 Å². The largest absolute Gasteiger partial charge is 0.405 e. The van der Waals surface area contributed by atoms with Crippen LogP contribution in [0.4, 0.5) is 23.4 Å². The monoisotopic (exact) mass is 476 g/mol. The molecule has 0 aliphatic heterocycles. The first kappa shape index (κ1) is 27.1. The van der Waals surface area contributed by atoms with E-state index in [2.05, 4.69) is 19.9 Å². The number of nitrogens with two attached hydrogens (primary N) is 1. The predicted octanol–water partition coefficient (Wildman–Crippen LogP) is 5.13. The number of alkyl halides is 3. The molecule has 0 spiro atoms. The van der Waals surface area contributed by atoms with Crippen LogP contribution in [0.5, 0.6) is 0 Å². The summed E-state index contributed by atoms with van der Waals surface area (Å²) in [6.45, 7) is 6.10. The van der Waals surface area contributed by atoms with E-state index in [1.165, 1.54) is 6.20 Å². The molecule has 3 heterocycles. The van der Waals surface area contributed by atoms with Crippen LogP contribution in [0.25, 0.3) is 22.4 Å². The number of carbonyl (C=O) groups excluding carboxylic acids is 1. The Morgan fingerprint density at radius 1 is 1.28 bits per heavy atom. The van der Waals surface area contributed by atoms with Crippen LogP contribution < -0.4 is 11.1 Å². The predicted molar refractivity (Wildman–Crippen MR) is 116 cm³/mol. The maximum Gasteiger partial charge on any atom is 0.405 e. The van der Waals surface area contributed by atoms with Gasteiger partial charge in [0.05, 0.1) is 11.2 Å². The van der Waals surface area contributed by atoms with E-state index in [9.17, 15) is 22.4 Å². The number of aromatic nitrogens is 4. The van der Waals surface area contributed by atoms with Gasteiger partial charge in [-0.15, -0.1) is 0 Å². The molecule has 0 saturated heterocycles. The molecular formula is C20H25ClF4N6O. The highest BCUT2D eigenvalue weighted by Gasteiger charge is 2.28. The number of fused-ring (bicyclic) bond motifs is 1. The molecule has 0 saturated carbocycles. The minimum atomic E-state index is -4.32. The molecular weight excluding hydrogens is 452 g/mol. The molecule has 32 heavy (non-hydrogen) atoms. The number of nitrogens with one attached hydrogen (secondary N) is 2. The summed E-state index contributed by atoms with van der Waals surface area (Å²) in [5.74, 6) is -1.41. The number of rotatable bonds is 4. The molecule has 0 aliphatic rings. The standard InChI is InChI=1S/C11H7ClFN5.C7H12F3NO.C2H6/c12-5-1-6-7(3-16-10(6)15-2-5)11-17-4-8(13)9(14)18-11;1-3-5(2)6(12)11-4-7(8,9)10;1-2/h1-4H,(H,15,16)(H2,14,17,18);5H,3-4H2,1-2H3,(H,11,12);1-2H3. The van der Waals surface area contributed by atoms with Gasteiger partial charge in [0, 0.05) is 29.3 Å². The number of halogens is 5. The molecule has 3 aromatic rings. The molecule has 4 N–H and O–H groups in total. The van der Waals surface area contributed by atoms with Gasteiger partial charge in [0.25, 0.3) is 0 Å². The minimum absolute atomic E-state index is 0.190. The van der Waals surface area contributed by atoms with Gasteiger partial charge >= 0.3 is 6.18 Å². The topological polar surface area (TPSA) is 110 Å². The van der Waals surface area contributed by atoms with Crippen molar-refractivity contribution in [2.24, 2.45) is 5.92 Å². The molecule has 0 bridgehead atoms. The number of aromatic amines is 1. The van der Waals surface area contributed by atoms with E-state index in [4.69, 9.17) is 17.3 Å². The number of hydrogen-bond acceptors (Lipinski definition) is 5. The third-order valence-electron chi connectivity index (χ3n) is 4.03. The number of carbonyl (C=O) groups is 1. The SMILES string of the molecule is CC.CCC(C)C(=O)NCC(F)(F)F.Nc1nc(-c2c[nH]c3ncc(Cl)cc23)ncc1F. The van der Waals surface area contributed by atoms with Crippen molar-refractivity contribution in [1.82, 2.24) is 25.3 Å². The summed E-state index contributed by atoms with van der Waals surface area (Å²) in [6.07, 6.45) is 0.478. The van der Waals surface area contributed by atoms with Crippen molar-refractivity contribution in [2.75, 3.05) is 12.3 Å². The zero-order valence-corrected chi connectivity index (χ0v) is 18.8. The molecule has 176 valence electrons. The van der Waals surface area contributed by atoms with Crippen molar-refractivity contribution >= 4 is 34.4 Å². The highest BCUT2D eigenvalue weighted by atomic mass is 35.5. The highest BCUT2D eigenvalue weighted by Crippen LogP contribution is 2.27. The number of nitrogen functional groups attached to an aromatic ring is 1. The van der Waals surface area contributed by atoms with E-state index in [0.717, 1.165) is 11.6 Å². The first-order valence-corrected chi connectivity index (χ1v) is 10.1. The normalized spacial score (nSPS) is 11.7. The van der Waals surface area contributed by atoms with Crippen LogP contribution in [-0.4, -0.2) is 38.6 Å². The van der Waals surface area contributed by atoms with E-state index in [-0.39, 0.29) is 11.7 Å². The summed E-state index contributed by atoms with van der Waals surface area (Å²) in [6, 6.07) is 1.73. The molecule has 3 rings (SSSR count). The van der Waals surface area contributed by atoms with E-state index in [1.807, 2.05) is 19.2 Å². The fourth-order valence-corrected chi connectivity index (χ4v) is 2.38. The van der Waals surface area contributed by atoms with Crippen molar-refractivity contribution in [3.63, 3.8) is 0 Å². The molecule has 1 unspecified atom stereocenters. The average molecular weight is 477 g/mol. The number of pyridine rings is 1. The van der Waals surface area contributed by atoms with E-state index in [0.29, 0.717) is 28.5 Å². The van der Waals surface area contributed by atoms with Crippen molar-refractivity contribution < 1.29 is 22.4 Å². The summed E-state index contributed by atoms with van der Waals surface area (Å²) in [4.78, 5) is 25.7. The van der Waals surface area contributed by atoms with Crippen molar-refractivity contribution in [2.45, 2.75) is 40.3 Å². The zero-order chi connectivity index (χ0) is 24.5. The summed E-state index contributed by atoms with van der Waals surface area (Å²) in [5.41, 5.74) is 6.75. The second-order valence-corrected chi connectivity index (χ2v) is 6.76. The van der Waals surface area contributed by atoms with Crippen LogP contribution in [0.1, 0.15) is 34.1 Å². The van der Waals surface area contributed by atoms with Crippen LogP contribution in [0.15, 0.2) is 24.7 Å². The summed E-state index contributed by atoms with van der Waals surface area (Å²) < 4.78 is 47.7. The van der Waals surface area contributed by atoms with Gasteiger partial charge in [-0.2, -0.15) is 13.2 Å². The van der Waals surface area contributed by atoms with Gasteiger partial charge < -0.3 is 16.0 Å². The van der Waals surface area contributed by atoms with E-state index in [1.54, 1.807) is 26.1 Å². The van der Waals surface area contributed by atoms with E-state index >= 15 is 0 Å². The Morgan fingerprint density at radius 2 is 1.94 bits per heavy atom. The lowest BCUT2D eigenvalue weighted by Gasteiger charge is -2.11. The van der Waals surface area contributed by atoms with Crippen LogP contribution in [0.2, 0.25) is 5.02 Å². The zero-order valence-electron chi connectivity index (χ0n) is 18.0. The molecule has 3 aromatic heterocycles. The Morgan fingerprint density at radius 3 is 2.50 bits per heavy atom. The Bertz CT molecular complexity index is 1020. The third-order valence-corrected chi connectivity index (χ3v) is 4.24. The number of amides is 1. The highest BCUT2D eigenvalue weighted by molar-refractivity contribution is 6.31. The van der Waals surface area contributed by atoms with Gasteiger partial charge in [0.1, 0.15) is 12.2 Å². The van der Waals surface area contributed by atoms with Gasteiger partial charge in [-0.3, -0.25) is 4.79 Å². The maximum atomic E-state index is 13.0. The molecule has 7 nitrogen and oxygen atoms in total. The molecule has 0 aromatic carbocycles. The van der Waals surface area contributed by atoms with E-state index < -0.39 is 24.4 Å². The first-order chi connectivity index (χ1) is 15.0. The minimum Gasteiger partial charge on any atom is -0.381 e. The molecule has 0 aliphatic carbocycles. The Balaban J connectivity index is 0.000000322. The van der Waals surface area contributed by atoms with Crippen molar-refractivity contribution in [3.8, 4) is 11.4 Å². The van der Waals surface area contributed by atoms with Crippen LogP contribution in [0.3, 0.4) is 0 Å². The number of nitrogens with zero attached hydrogens (tertiary/aromatic N) is 3. The van der Waals surface area contributed by atoms with Gasteiger partial charge in [-0.05, 0) is 12.5 Å². The maximum absolute atomic E-state index is 13.0. The number of anilines is 1. The van der Waals surface area contributed by atoms with Crippen LogP contribution in [-0.2, 0) is 4.79 Å². The second-order valence-electron chi connectivity index (χ2n) is 6.32. The third kappa shape index (κ3) is 7.95. The summed E-state index contributed by atoms with van der Waals surface area (Å²) in [7, 11) is 0. The second kappa shape index (κ2) is 12.2. The molecule has 1 amide bonds. The fraction of sp³-hybridized carbons (Fsp3) is 0.400. The Hall–Kier alpha value is -2.95. The molecule has 12 heteroatoms. The lowest BCUT2D eigenvalue weighted by molar-refractivity contribution is -0.140. The van der Waals surface area contributed by atoms with Crippen molar-refractivity contribution in [1.29, 1.82) is 0 Å². The van der Waals surface area contributed by atoms with Crippen LogP contribution >= 0.6 is 11.6 Å². The number of hydrogen-bond donors (Lipinski definition) is 3. The molecule has 0 fully saturated rings. The fourth-order valence-electron chi connectivity index (χ4n) is 2.22. The quantitative estimate of drug-likeness (QED) is 0.452.